The number of aryl methyl sites for hydroxylation is 2. The van der Waals surface area contributed by atoms with Crippen LogP contribution in [-0.4, -0.2) is 92.1 Å². The first kappa shape index (κ1) is 47.7. The van der Waals surface area contributed by atoms with Crippen molar-refractivity contribution in [2.75, 3.05) is 33.6 Å². The fourth-order valence-electron chi connectivity index (χ4n) is 7.71. The lowest BCUT2D eigenvalue weighted by Gasteiger charge is -2.27. The normalized spacial score (nSPS) is 15.1. The summed E-state index contributed by atoms with van der Waals surface area (Å²) in [7, 11) is -2.41. The average molecular weight is 945 g/mol. The minimum atomic E-state index is -4.80. The molecule has 5 heterocycles. The highest BCUT2D eigenvalue weighted by molar-refractivity contribution is 7.92. The van der Waals surface area contributed by atoms with Crippen LogP contribution in [0.3, 0.4) is 0 Å². The molecule has 1 atom stereocenters. The summed E-state index contributed by atoms with van der Waals surface area (Å²) in [4.78, 5) is 76.3. The number of amides is 5. The zero-order valence-corrected chi connectivity index (χ0v) is 37.3. The number of hydrogen-bond donors (Lipinski definition) is 4. The number of anilines is 5. The van der Waals surface area contributed by atoms with Crippen LogP contribution < -0.4 is 25.6 Å². The van der Waals surface area contributed by atoms with E-state index >= 15 is 0 Å². The maximum Gasteiger partial charge on any atom is 0.421 e. The molecule has 3 aromatic heterocycles. The number of sulfonamides is 1. The van der Waals surface area contributed by atoms with Crippen molar-refractivity contribution in [3.05, 3.63) is 107 Å². The van der Waals surface area contributed by atoms with E-state index < -0.39 is 63.2 Å². The van der Waals surface area contributed by atoms with Crippen molar-refractivity contribution < 1.29 is 45.6 Å². The van der Waals surface area contributed by atoms with Crippen LogP contribution in [0.25, 0.3) is 0 Å². The summed E-state index contributed by atoms with van der Waals surface area (Å²) in [5, 5.41) is 18.5. The van der Waals surface area contributed by atoms with E-state index in [9.17, 15) is 45.6 Å². The summed E-state index contributed by atoms with van der Waals surface area (Å²) in [6.45, 7) is 0.333. The molecular formula is C44H47F3N12O7S. The molecule has 352 valence electrons. The molecule has 7 rings (SSSR count). The highest BCUT2D eigenvalue weighted by atomic mass is 32.2. The first-order chi connectivity index (χ1) is 32.0. The maximum absolute atomic E-state index is 13.9. The molecule has 67 heavy (non-hydrogen) atoms. The van der Waals surface area contributed by atoms with Crippen molar-refractivity contribution in [3.8, 4) is 0 Å². The second kappa shape index (κ2) is 20.5. The Morgan fingerprint density at radius 1 is 0.896 bits per heavy atom. The number of halogens is 3. The number of nitrogens with zero attached hydrogens (tertiary/aromatic N) is 8. The van der Waals surface area contributed by atoms with Crippen molar-refractivity contribution in [2.24, 2.45) is 0 Å². The maximum atomic E-state index is 13.9. The van der Waals surface area contributed by atoms with Gasteiger partial charge in [-0.3, -0.25) is 43.2 Å². The molecule has 2 aromatic carbocycles. The number of carbonyl (C=O) groups is 5. The summed E-state index contributed by atoms with van der Waals surface area (Å²) >= 11 is 0. The number of benzene rings is 2. The zero-order chi connectivity index (χ0) is 47.9. The molecule has 4 N–H and O–H groups in total. The number of rotatable bonds is 20. The molecule has 2 aliphatic rings. The number of alkyl halides is 3. The summed E-state index contributed by atoms with van der Waals surface area (Å²) in [5.74, 6) is -3.20. The van der Waals surface area contributed by atoms with Gasteiger partial charge in [-0.05, 0) is 67.6 Å². The summed E-state index contributed by atoms with van der Waals surface area (Å²) in [6.07, 6.45) is 7.03. The van der Waals surface area contributed by atoms with Crippen LogP contribution >= 0.6 is 0 Å². The van der Waals surface area contributed by atoms with Gasteiger partial charge < -0.3 is 16.0 Å². The van der Waals surface area contributed by atoms with Gasteiger partial charge in [0.2, 0.25) is 27.8 Å². The predicted molar refractivity (Wildman–Crippen MR) is 239 cm³/mol. The van der Waals surface area contributed by atoms with Crippen LogP contribution in [0.15, 0.2) is 73.2 Å². The number of nitrogens with one attached hydrogen (secondary N) is 4. The third-order valence-electron chi connectivity index (χ3n) is 11.3. The Balaban J connectivity index is 0.822. The van der Waals surface area contributed by atoms with Gasteiger partial charge in [0.15, 0.2) is 5.69 Å². The van der Waals surface area contributed by atoms with E-state index in [1.54, 1.807) is 47.3 Å². The van der Waals surface area contributed by atoms with Crippen molar-refractivity contribution >= 4 is 68.5 Å². The second-order valence-corrected chi connectivity index (χ2v) is 18.1. The molecule has 1 fully saturated rings. The largest absolute Gasteiger partial charge is 0.421 e. The Kier molecular flexibility index (Phi) is 14.6. The van der Waals surface area contributed by atoms with Gasteiger partial charge in [0.1, 0.15) is 23.2 Å². The first-order valence-electron chi connectivity index (χ1n) is 21.5. The van der Waals surface area contributed by atoms with Gasteiger partial charge in [-0.25, -0.2) is 18.4 Å². The van der Waals surface area contributed by atoms with Gasteiger partial charge >= 0.3 is 6.18 Å². The fraction of sp³-hybridized carbons (Fsp3) is 0.364. The molecule has 0 saturated carbocycles. The van der Waals surface area contributed by atoms with Crippen molar-refractivity contribution in [3.63, 3.8) is 0 Å². The van der Waals surface area contributed by atoms with Crippen molar-refractivity contribution in [1.82, 2.24) is 40.2 Å². The monoisotopic (exact) mass is 944 g/mol. The summed E-state index contributed by atoms with van der Waals surface area (Å²) in [5.41, 5.74) is 1.52. The lowest BCUT2D eigenvalue weighted by atomic mass is 9.97. The number of piperidine rings is 1. The lowest BCUT2D eigenvalue weighted by molar-refractivity contribution is -0.138. The van der Waals surface area contributed by atoms with Gasteiger partial charge in [0.25, 0.3) is 17.7 Å². The van der Waals surface area contributed by atoms with E-state index in [4.69, 9.17) is 0 Å². The van der Waals surface area contributed by atoms with E-state index in [1.807, 2.05) is 6.07 Å². The molecule has 0 spiro atoms. The third-order valence-corrected chi connectivity index (χ3v) is 12.4. The van der Waals surface area contributed by atoms with Gasteiger partial charge in [0, 0.05) is 55.9 Å². The number of fused-ring (bicyclic) bond motifs is 1. The van der Waals surface area contributed by atoms with Gasteiger partial charge in [-0.1, -0.05) is 55.5 Å². The molecule has 5 amide bonds. The van der Waals surface area contributed by atoms with Crippen LogP contribution in [0.1, 0.15) is 106 Å². The molecule has 23 heteroatoms. The highest BCUT2D eigenvalue weighted by Gasteiger charge is 2.45. The Bertz CT molecular complexity index is 2790. The topological polar surface area (TPSA) is 243 Å². The molecule has 1 saturated heterocycles. The van der Waals surface area contributed by atoms with Crippen molar-refractivity contribution in [1.29, 1.82) is 0 Å². The smallest absolute Gasteiger partial charge is 0.365 e. The number of pyridine rings is 1. The number of hydrogen-bond acceptors (Lipinski definition) is 14. The number of aromatic nitrogens is 6. The van der Waals surface area contributed by atoms with Gasteiger partial charge in [-0.2, -0.15) is 18.2 Å². The lowest BCUT2D eigenvalue weighted by Crippen LogP contribution is -2.54. The molecule has 0 aliphatic carbocycles. The molecule has 19 nitrogen and oxygen atoms in total. The fourth-order valence-corrected chi connectivity index (χ4v) is 8.19. The van der Waals surface area contributed by atoms with Gasteiger partial charge in [-0.15, -0.1) is 5.10 Å². The van der Waals surface area contributed by atoms with Crippen LogP contribution in [0, 0.1) is 0 Å². The first-order valence-corrected chi connectivity index (χ1v) is 23.3. The average Bonchev–Trinajstić information content (AvgIpc) is 3.87. The standard InChI is InChI=1S/C44H47F3N12O7S/c1-57(67(2,65)66)38-28(14-11-22-48-38)24-49-37-32(44(45,46)47)25-50-43(54-37)52-30-18-16-29(17-19-30)51-39(61)33-26-58(56-55-33)23-9-7-5-3-4-6-8-12-27-13-10-15-31-36(27)42(64)59(41(31)63)34-20-21-35(60)53-40(34)62/h10-11,13-19,22,25-26,34H,3-9,12,20-21,23-24H2,1-2H3,(H,51,61)(H,53,60,62)(H2,49,50,52,54). The van der Waals surface area contributed by atoms with Gasteiger partial charge in [0.05, 0.1) is 23.6 Å². The summed E-state index contributed by atoms with van der Waals surface area (Å²) < 4.78 is 68.5. The Morgan fingerprint density at radius 2 is 1.60 bits per heavy atom. The number of carbonyl (C=O) groups excluding carboxylic acids is 5. The van der Waals surface area contributed by atoms with Crippen LogP contribution in [-0.2, 0) is 45.3 Å². The molecule has 1 unspecified atom stereocenters. The summed E-state index contributed by atoms with van der Waals surface area (Å²) in [6, 6.07) is 13.5. The molecule has 0 radical (unpaired) electrons. The minimum Gasteiger partial charge on any atom is -0.365 e. The number of unbranched alkanes of at least 4 members (excludes halogenated alkanes) is 6. The Hall–Kier alpha value is -7.30. The van der Waals surface area contributed by atoms with Crippen LogP contribution in [0.2, 0.25) is 0 Å². The van der Waals surface area contributed by atoms with E-state index in [0.717, 1.165) is 66.0 Å². The Morgan fingerprint density at radius 3 is 2.31 bits per heavy atom. The zero-order valence-electron chi connectivity index (χ0n) is 36.5. The van der Waals surface area contributed by atoms with Crippen molar-refractivity contribution in [2.45, 2.75) is 89.5 Å². The van der Waals surface area contributed by atoms with E-state index in [0.29, 0.717) is 41.7 Å². The molecule has 5 aromatic rings. The van der Waals surface area contributed by atoms with Crippen LogP contribution in [0.5, 0.6) is 0 Å². The quantitative estimate of drug-likeness (QED) is 0.0528. The van der Waals surface area contributed by atoms with E-state index in [2.05, 4.69) is 46.5 Å². The van der Waals surface area contributed by atoms with E-state index in [-0.39, 0.29) is 42.4 Å². The molecule has 2 aliphatic heterocycles. The highest BCUT2D eigenvalue weighted by Crippen LogP contribution is 2.35. The molecular weight excluding hydrogens is 898 g/mol. The third kappa shape index (κ3) is 11.6. The minimum absolute atomic E-state index is 0.0420. The second-order valence-electron chi connectivity index (χ2n) is 16.1. The Labute approximate surface area is 383 Å². The SMILES string of the molecule is CN(c1ncccc1CNc1nc(Nc2ccc(NC(=O)c3cn(CCCCCCCCCc4cccc5c4C(=O)N(C4CCC(=O)NC4=O)C5=O)nn3)cc2)ncc1C(F)(F)F)S(C)(=O)=O. The predicted octanol–water partition coefficient (Wildman–Crippen LogP) is 5.86. The molecule has 0 bridgehead atoms. The van der Waals surface area contributed by atoms with E-state index in [1.165, 1.54) is 25.4 Å². The van der Waals surface area contributed by atoms with Crippen LogP contribution in [0.4, 0.5) is 42.1 Å². The number of imide groups is 2.